The van der Waals surface area contributed by atoms with Gasteiger partial charge >= 0.3 is 0 Å². The number of hydrogen-bond acceptors (Lipinski definition) is 2. The van der Waals surface area contributed by atoms with Crippen molar-refractivity contribution in [3.63, 3.8) is 0 Å². The van der Waals surface area contributed by atoms with Crippen LogP contribution >= 0.6 is 27.5 Å². The van der Waals surface area contributed by atoms with Crippen LogP contribution in [0.2, 0.25) is 5.02 Å². The summed E-state index contributed by atoms with van der Waals surface area (Å²) in [5.41, 5.74) is 0. The van der Waals surface area contributed by atoms with Crippen molar-refractivity contribution in [3.8, 4) is 0 Å². The van der Waals surface area contributed by atoms with Gasteiger partial charge in [0, 0.05) is 22.9 Å². The summed E-state index contributed by atoms with van der Waals surface area (Å²) in [7, 11) is -3.47. The van der Waals surface area contributed by atoms with Crippen molar-refractivity contribution < 1.29 is 8.42 Å². The molecule has 0 saturated carbocycles. The van der Waals surface area contributed by atoms with Gasteiger partial charge in [0.15, 0.2) is 0 Å². The number of alkyl halides is 1. The van der Waals surface area contributed by atoms with Crippen molar-refractivity contribution >= 4 is 37.6 Å². The number of halogens is 2. The monoisotopic (exact) mass is 339 g/mol. The van der Waals surface area contributed by atoms with Gasteiger partial charge in [0.1, 0.15) is 0 Å². The fraction of sp³-hybridized carbons (Fsp3) is 0.455. The first-order valence-electron chi connectivity index (χ1n) is 5.23. The lowest BCUT2D eigenvalue weighted by Gasteiger charge is -2.25. The van der Waals surface area contributed by atoms with E-state index >= 15 is 0 Å². The Morgan fingerprint density at radius 3 is 2.53 bits per heavy atom. The molecule has 0 saturated heterocycles. The molecule has 0 amide bonds. The summed E-state index contributed by atoms with van der Waals surface area (Å²) in [4.78, 5) is 0.236. The summed E-state index contributed by atoms with van der Waals surface area (Å²) >= 11 is 9.09. The van der Waals surface area contributed by atoms with E-state index in [1.807, 2.05) is 13.8 Å². The van der Waals surface area contributed by atoms with Crippen LogP contribution in [0.15, 0.2) is 29.2 Å². The number of hydrogen-bond donors (Lipinski definition) is 0. The molecule has 0 atom stereocenters. The number of benzene rings is 1. The van der Waals surface area contributed by atoms with E-state index in [-0.39, 0.29) is 10.9 Å². The molecule has 0 N–H and O–H groups in total. The highest BCUT2D eigenvalue weighted by Gasteiger charge is 2.26. The number of sulfonamides is 1. The average molecular weight is 341 g/mol. The fourth-order valence-electron chi connectivity index (χ4n) is 1.50. The van der Waals surface area contributed by atoms with Crippen LogP contribution in [0, 0.1) is 0 Å². The van der Waals surface area contributed by atoms with E-state index in [0.29, 0.717) is 16.9 Å². The van der Waals surface area contributed by atoms with E-state index in [9.17, 15) is 8.42 Å². The second kappa shape index (κ2) is 6.18. The smallest absolute Gasteiger partial charge is 0.207 e. The Labute approximate surface area is 116 Å². The van der Waals surface area contributed by atoms with E-state index in [2.05, 4.69) is 15.9 Å². The van der Waals surface area contributed by atoms with E-state index in [4.69, 9.17) is 11.6 Å². The Bertz CT molecular complexity index is 476. The maximum absolute atomic E-state index is 12.4. The van der Waals surface area contributed by atoms with Gasteiger partial charge in [-0.2, -0.15) is 4.31 Å². The highest BCUT2D eigenvalue weighted by atomic mass is 79.9. The van der Waals surface area contributed by atoms with Crippen molar-refractivity contribution in [2.75, 3.05) is 11.9 Å². The van der Waals surface area contributed by atoms with Gasteiger partial charge < -0.3 is 0 Å². The molecule has 1 aromatic carbocycles. The maximum Gasteiger partial charge on any atom is 0.243 e. The highest BCUT2D eigenvalue weighted by molar-refractivity contribution is 9.09. The Balaban J connectivity index is 3.16. The molecule has 96 valence electrons. The molecule has 0 aliphatic heterocycles. The van der Waals surface area contributed by atoms with Crippen LogP contribution in [0.1, 0.15) is 13.8 Å². The normalized spacial score (nSPS) is 12.4. The zero-order chi connectivity index (χ0) is 13.1. The first kappa shape index (κ1) is 15.0. The summed E-state index contributed by atoms with van der Waals surface area (Å²) in [6, 6.07) is 6.24. The third-order valence-electron chi connectivity index (χ3n) is 2.28. The van der Waals surface area contributed by atoms with Crippen molar-refractivity contribution in [1.29, 1.82) is 0 Å². The molecule has 0 heterocycles. The Morgan fingerprint density at radius 1 is 1.41 bits per heavy atom. The van der Waals surface area contributed by atoms with Crippen molar-refractivity contribution in [2.24, 2.45) is 0 Å². The molecule has 0 unspecified atom stereocenters. The third kappa shape index (κ3) is 3.68. The lowest BCUT2D eigenvalue weighted by Crippen LogP contribution is -2.38. The number of nitrogens with zero attached hydrogens (tertiary/aromatic N) is 1. The Kier molecular flexibility index (Phi) is 5.44. The molecule has 0 aliphatic carbocycles. The molecule has 0 spiro atoms. The molecule has 0 bridgehead atoms. The predicted octanol–water partition coefficient (Wildman–Crippen LogP) is 3.13. The van der Waals surface area contributed by atoms with Gasteiger partial charge in [-0.05, 0) is 32.0 Å². The first-order valence-corrected chi connectivity index (χ1v) is 8.17. The van der Waals surface area contributed by atoms with Crippen LogP contribution in [0.25, 0.3) is 0 Å². The molecule has 6 heteroatoms. The molecular formula is C11H15BrClNO2S. The van der Waals surface area contributed by atoms with Crippen LogP contribution in [0.5, 0.6) is 0 Å². The minimum Gasteiger partial charge on any atom is -0.207 e. The van der Waals surface area contributed by atoms with Gasteiger partial charge in [-0.25, -0.2) is 8.42 Å². The summed E-state index contributed by atoms with van der Waals surface area (Å²) in [6.07, 6.45) is 0. The SMILES string of the molecule is CC(C)N(CCBr)S(=O)(=O)c1cccc(Cl)c1. The zero-order valence-corrected chi connectivity index (χ0v) is 12.9. The average Bonchev–Trinajstić information content (AvgIpc) is 2.25. The molecule has 1 aromatic rings. The molecule has 0 aliphatic rings. The highest BCUT2D eigenvalue weighted by Crippen LogP contribution is 2.21. The maximum atomic E-state index is 12.4. The number of rotatable bonds is 5. The van der Waals surface area contributed by atoms with Gasteiger partial charge in [-0.1, -0.05) is 33.6 Å². The second-order valence-electron chi connectivity index (χ2n) is 3.86. The van der Waals surface area contributed by atoms with E-state index < -0.39 is 10.0 Å². The van der Waals surface area contributed by atoms with Gasteiger partial charge in [0.2, 0.25) is 10.0 Å². The van der Waals surface area contributed by atoms with Crippen LogP contribution in [-0.2, 0) is 10.0 Å². The summed E-state index contributed by atoms with van der Waals surface area (Å²) in [5.74, 6) is 0. The van der Waals surface area contributed by atoms with Gasteiger partial charge in [-0.3, -0.25) is 0 Å². The topological polar surface area (TPSA) is 37.4 Å². The van der Waals surface area contributed by atoms with Crippen molar-refractivity contribution in [2.45, 2.75) is 24.8 Å². The molecule has 17 heavy (non-hydrogen) atoms. The van der Waals surface area contributed by atoms with Gasteiger partial charge in [0.05, 0.1) is 4.90 Å². The zero-order valence-electron chi connectivity index (χ0n) is 9.73. The van der Waals surface area contributed by atoms with E-state index in [1.54, 1.807) is 18.2 Å². The third-order valence-corrected chi connectivity index (χ3v) is 4.94. The van der Waals surface area contributed by atoms with E-state index in [0.717, 1.165) is 0 Å². The van der Waals surface area contributed by atoms with Crippen LogP contribution < -0.4 is 0 Å². The van der Waals surface area contributed by atoms with Crippen LogP contribution in [0.4, 0.5) is 0 Å². The minimum atomic E-state index is -3.47. The Hall–Kier alpha value is -0.100. The lowest BCUT2D eigenvalue weighted by molar-refractivity contribution is 0.372. The second-order valence-corrected chi connectivity index (χ2v) is 6.98. The largest absolute Gasteiger partial charge is 0.243 e. The summed E-state index contributed by atoms with van der Waals surface area (Å²) in [6.45, 7) is 4.14. The standard InChI is InChI=1S/C11H15BrClNO2S/c1-9(2)14(7-6-12)17(15,16)11-5-3-4-10(13)8-11/h3-5,8-9H,6-7H2,1-2H3. The Morgan fingerprint density at radius 2 is 2.06 bits per heavy atom. The fourth-order valence-corrected chi connectivity index (χ4v) is 4.06. The minimum absolute atomic E-state index is 0.0865. The lowest BCUT2D eigenvalue weighted by atomic mass is 10.4. The van der Waals surface area contributed by atoms with Crippen LogP contribution in [-0.4, -0.2) is 30.6 Å². The first-order chi connectivity index (χ1) is 7.89. The molecule has 3 nitrogen and oxygen atoms in total. The molecule has 0 radical (unpaired) electrons. The van der Waals surface area contributed by atoms with Gasteiger partial charge in [-0.15, -0.1) is 0 Å². The predicted molar refractivity (Wildman–Crippen MR) is 74.3 cm³/mol. The van der Waals surface area contributed by atoms with Crippen molar-refractivity contribution in [1.82, 2.24) is 4.31 Å². The van der Waals surface area contributed by atoms with Crippen molar-refractivity contribution in [3.05, 3.63) is 29.3 Å². The van der Waals surface area contributed by atoms with E-state index in [1.165, 1.54) is 10.4 Å². The molecular weight excluding hydrogens is 326 g/mol. The summed E-state index contributed by atoms with van der Waals surface area (Å²) < 4.78 is 26.2. The summed E-state index contributed by atoms with van der Waals surface area (Å²) in [5, 5.41) is 1.03. The quantitative estimate of drug-likeness (QED) is 0.772. The van der Waals surface area contributed by atoms with Gasteiger partial charge in [0.25, 0.3) is 0 Å². The van der Waals surface area contributed by atoms with Crippen LogP contribution in [0.3, 0.4) is 0 Å². The molecule has 1 rings (SSSR count). The molecule has 0 aromatic heterocycles. The molecule has 0 fully saturated rings.